The maximum atomic E-state index is 11.7. The van der Waals surface area contributed by atoms with Crippen LogP contribution in [0.25, 0.3) is 0 Å². The number of hydrogen-bond donors (Lipinski definition) is 2. The first-order chi connectivity index (χ1) is 7.54. The first kappa shape index (κ1) is 13.5. The molecule has 0 heterocycles. The second-order valence-electron chi connectivity index (χ2n) is 3.38. The predicted octanol–water partition coefficient (Wildman–Crippen LogP) is 3.06. The molecule has 0 bridgehead atoms. The number of carbonyl (C=O) groups excluding carboxylic acids is 1. The highest BCUT2D eigenvalue weighted by molar-refractivity contribution is 9.10. The van der Waals surface area contributed by atoms with Crippen molar-refractivity contribution in [3.8, 4) is 5.75 Å². The van der Waals surface area contributed by atoms with Crippen LogP contribution in [0.15, 0.2) is 22.7 Å². The number of amides is 1. The number of hydrogen-bond acceptors (Lipinski definition) is 2. The molecule has 0 spiro atoms. The minimum absolute atomic E-state index is 0.0681. The zero-order valence-electron chi connectivity index (χ0n) is 8.84. The lowest BCUT2D eigenvalue weighted by molar-refractivity contribution is 0.0953. The summed E-state index contributed by atoms with van der Waals surface area (Å²) in [5, 5.41) is 12.2. The Bertz CT molecular complexity index is 382. The van der Waals surface area contributed by atoms with Crippen LogP contribution in [0.1, 0.15) is 23.7 Å². The van der Waals surface area contributed by atoms with E-state index in [1.165, 1.54) is 6.07 Å². The number of benzene rings is 1. The van der Waals surface area contributed by atoms with Gasteiger partial charge in [0.1, 0.15) is 5.75 Å². The quantitative estimate of drug-likeness (QED) is 0.820. The van der Waals surface area contributed by atoms with Crippen LogP contribution < -0.4 is 5.32 Å². The molecule has 3 nitrogen and oxygen atoms in total. The molecule has 0 radical (unpaired) electrons. The van der Waals surface area contributed by atoms with E-state index in [-0.39, 0.29) is 16.5 Å². The van der Waals surface area contributed by atoms with Crippen LogP contribution in [-0.4, -0.2) is 22.4 Å². The van der Waals surface area contributed by atoms with Crippen molar-refractivity contribution >= 4 is 37.8 Å². The van der Waals surface area contributed by atoms with Gasteiger partial charge in [-0.25, -0.2) is 0 Å². The van der Waals surface area contributed by atoms with Gasteiger partial charge in [0.25, 0.3) is 5.91 Å². The fourth-order valence-corrected chi connectivity index (χ4v) is 1.51. The zero-order chi connectivity index (χ0) is 12.1. The first-order valence-electron chi connectivity index (χ1n) is 4.95. The van der Waals surface area contributed by atoms with E-state index in [1.54, 1.807) is 12.1 Å². The number of halogens is 2. The summed E-state index contributed by atoms with van der Waals surface area (Å²) in [6.45, 7) is 2.61. The second kappa shape index (κ2) is 6.25. The molecule has 0 aliphatic heterocycles. The number of rotatable bonds is 4. The molecule has 0 aliphatic carbocycles. The molecule has 0 saturated heterocycles. The molecule has 88 valence electrons. The van der Waals surface area contributed by atoms with Gasteiger partial charge in [0.05, 0.1) is 4.47 Å². The number of phenolic OH excluding ortho intramolecular Hbond substituents is 1. The Morgan fingerprint density at radius 1 is 1.56 bits per heavy atom. The third-order valence-electron chi connectivity index (χ3n) is 2.14. The van der Waals surface area contributed by atoms with Gasteiger partial charge in [-0.2, -0.15) is 0 Å². The van der Waals surface area contributed by atoms with Crippen LogP contribution >= 0.6 is 31.9 Å². The van der Waals surface area contributed by atoms with Crippen LogP contribution in [0.4, 0.5) is 0 Å². The molecule has 1 amide bonds. The van der Waals surface area contributed by atoms with Crippen LogP contribution in [0.2, 0.25) is 0 Å². The van der Waals surface area contributed by atoms with Gasteiger partial charge in [-0.05, 0) is 40.5 Å². The van der Waals surface area contributed by atoms with Crippen molar-refractivity contribution in [3.05, 3.63) is 28.2 Å². The van der Waals surface area contributed by atoms with E-state index < -0.39 is 0 Å². The molecule has 1 aromatic rings. The van der Waals surface area contributed by atoms with Gasteiger partial charge in [0, 0.05) is 16.9 Å². The summed E-state index contributed by atoms with van der Waals surface area (Å²) in [7, 11) is 0. The number of carbonyl (C=O) groups is 1. The summed E-state index contributed by atoms with van der Waals surface area (Å²) in [6, 6.07) is 4.75. The molecule has 5 heteroatoms. The predicted molar refractivity (Wildman–Crippen MR) is 71.1 cm³/mol. The van der Waals surface area contributed by atoms with Gasteiger partial charge >= 0.3 is 0 Å². The molecule has 1 aromatic carbocycles. The van der Waals surface area contributed by atoms with Gasteiger partial charge < -0.3 is 10.4 Å². The zero-order valence-corrected chi connectivity index (χ0v) is 12.0. The average Bonchev–Trinajstić information content (AvgIpc) is 2.29. The van der Waals surface area contributed by atoms with E-state index in [0.717, 1.165) is 6.42 Å². The van der Waals surface area contributed by atoms with Crippen molar-refractivity contribution in [1.29, 1.82) is 0 Å². The molecule has 1 atom stereocenters. The SMILES string of the molecule is CCC(Br)CNC(=O)c1ccc(Br)c(O)c1. The minimum atomic E-state index is -0.180. The van der Waals surface area contributed by atoms with E-state index in [1.807, 2.05) is 6.92 Å². The highest BCUT2D eigenvalue weighted by Gasteiger charge is 2.09. The van der Waals surface area contributed by atoms with Crippen molar-refractivity contribution in [2.75, 3.05) is 6.54 Å². The molecule has 2 N–H and O–H groups in total. The van der Waals surface area contributed by atoms with Crippen molar-refractivity contribution in [1.82, 2.24) is 5.32 Å². The summed E-state index contributed by atoms with van der Waals surface area (Å²) in [5.41, 5.74) is 0.455. The van der Waals surface area contributed by atoms with Crippen molar-refractivity contribution in [2.45, 2.75) is 18.2 Å². The first-order valence-corrected chi connectivity index (χ1v) is 6.66. The number of phenols is 1. The van der Waals surface area contributed by atoms with E-state index in [0.29, 0.717) is 16.6 Å². The molecule has 0 saturated carbocycles. The van der Waals surface area contributed by atoms with Gasteiger partial charge in [-0.15, -0.1) is 0 Å². The van der Waals surface area contributed by atoms with Crippen molar-refractivity contribution < 1.29 is 9.90 Å². The molecular formula is C11H13Br2NO2. The fraction of sp³-hybridized carbons (Fsp3) is 0.364. The van der Waals surface area contributed by atoms with Crippen molar-refractivity contribution in [2.24, 2.45) is 0 Å². The van der Waals surface area contributed by atoms with Crippen molar-refractivity contribution in [3.63, 3.8) is 0 Å². The Labute approximate surface area is 111 Å². The highest BCUT2D eigenvalue weighted by Crippen LogP contribution is 2.24. The summed E-state index contributed by atoms with van der Waals surface area (Å²) in [5.74, 6) is -0.112. The van der Waals surface area contributed by atoms with Gasteiger partial charge in [0.15, 0.2) is 0 Å². The molecule has 0 aliphatic rings. The maximum Gasteiger partial charge on any atom is 0.251 e. The lowest BCUT2D eigenvalue weighted by Gasteiger charge is -2.09. The molecule has 16 heavy (non-hydrogen) atoms. The van der Waals surface area contributed by atoms with Gasteiger partial charge in [0.2, 0.25) is 0 Å². The summed E-state index contributed by atoms with van der Waals surface area (Å²) in [4.78, 5) is 11.9. The number of nitrogens with one attached hydrogen (secondary N) is 1. The molecule has 0 aromatic heterocycles. The Balaban J connectivity index is 2.63. The lowest BCUT2D eigenvalue weighted by Crippen LogP contribution is -2.29. The Kier molecular flexibility index (Phi) is 5.28. The molecular weight excluding hydrogens is 338 g/mol. The minimum Gasteiger partial charge on any atom is -0.507 e. The van der Waals surface area contributed by atoms with Crippen LogP contribution in [0.3, 0.4) is 0 Å². The van der Waals surface area contributed by atoms with E-state index >= 15 is 0 Å². The highest BCUT2D eigenvalue weighted by atomic mass is 79.9. The summed E-state index contributed by atoms with van der Waals surface area (Å²) < 4.78 is 0.580. The summed E-state index contributed by atoms with van der Waals surface area (Å²) >= 11 is 6.59. The largest absolute Gasteiger partial charge is 0.507 e. The van der Waals surface area contributed by atoms with E-state index in [2.05, 4.69) is 37.2 Å². The topological polar surface area (TPSA) is 49.3 Å². The third kappa shape index (κ3) is 3.79. The van der Waals surface area contributed by atoms with Crippen LogP contribution in [0, 0.1) is 0 Å². The van der Waals surface area contributed by atoms with Gasteiger partial charge in [-0.3, -0.25) is 4.79 Å². The average molecular weight is 351 g/mol. The fourth-order valence-electron chi connectivity index (χ4n) is 1.10. The smallest absolute Gasteiger partial charge is 0.251 e. The van der Waals surface area contributed by atoms with Gasteiger partial charge in [-0.1, -0.05) is 22.9 Å². The summed E-state index contributed by atoms with van der Waals surface area (Å²) in [6.07, 6.45) is 0.950. The standard InChI is InChI=1S/C11H13Br2NO2/c1-2-8(12)6-14-11(16)7-3-4-9(13)10(15)5-7/h3-5,8,15H,2,6H2,1H3,(H,14,16). The lowest BCUT2D eigenvalue weighted by atomic mass is 10.2. The monoisotopic (exact) mass is 349 g/mol. The Hall–Kier alpha value is -0.550. The Morgan fingerprint density at radius 2 is 2.25 bits per heavy atom. The molecule has 1 unspecified atom stereocenters. The molecule has 0 fully saturated rings. The normalized spacial score (nSPS) is 12.2. The number of aromatic hydroxyl groups is 1. The maximum absolute atomic E-state index is 11.7. The third-order valence-corrected chi connectivity index (χ3v) is 3.78. The van der Waals surface area contributed by atoms with Crippen LogP contribution in [0.5, 0.6) is 5.75 Å². The van der Waals surface area contributed by atoms with E-state index in [9.17, 15) is 9.90 Å². The van der Waals surface area contributed by atoms with E-state index in [4.69, 9.17) is 0 Å². The second-order valence-corrected chi connectivity index (χ2v) is 5.53. The molecule has 1 rings (SSSR count). The van der Waals surface area contributed by atoms with Crippen LogP contribution in [-0.2, 0) is 0 Å². The Morgan fingerprint density at radius 3 is 2.81 bits per heavy atom. The number of alkyl halides is 1.